The zero-order chi connectivity index (χ0) is 21.9. The van der Waals surface area contributed by atoms with Crippen LogP contribution in [0, 0.1) is 0 Å². The molecule has 0 saturated carbocycles. The van der Waals surface area contributed by atoms with Gasteiger partial charge in [0.05, 0.1) is 0 Å². The first-order valence-electron chi connectivity index (χ1n) is 12.4. The van der Waals surface area contributed by atoms with Crippen molar-refractivity contribution in [3.63, 3.8) is 0 Å². The van der Waals surface area contributed by atoms with Gasteiger partial charge in [-0.1, -0.05) is 97.0 Å². The van der Waals surface area contributed by atoms with Crippen LogP contribution in [-0.2, 0) is 22.5 Å². The number of carbonyl (C=O) groups is 1. The maximum absolute atomic E-state index is 11.4. The Bertz CT molecular complexity index is 571. The van der Waals surface area contributed by atoms with E-state index in [2.05, 4.69) is 42.6 Å². The van der Waals surface area contributed by atoms with Gasteiger partial charge in [-0.25, -0.2) is 9.36 Å². The smallest absolute Gasteiger partial charge is 0.333 e. The second kappa shape index (κ2) is 20.5. The molecule has 178 valence electrons. The maximum atomic E-state index is 11.4. The van der Waals surface area contributed by atoms with Crippen molar-refractivity contribution in [2.24, 2.45) is 0 Å². The minimum Gasteiger partial charge on any atom is -1.00 e. The fourth-order valence-corrected chi connectivity index (χ4v) is 3.69. The van der Waals surface area contributed by atoms with E-state index in [0.29, 0.717) is 18.7 Å². The Morgan fingerprint density at radius 2 is 1.29 bits per heavy atom. The van der Waals surface area contributed by atoms with Gasteiger partial charge in [0.1, 0.15) is 0 Å². The minimum atomic E-state index is -0.315. The largest absolute Gasteiger partial charge is 1.00 e. The molecular weight excluding hydrogens is 406 g/mol. The summed E-state index contributed by atoms with van der Waals surface area (Å²) in [5, 5.41) is 0. The summed E-state index contributed by atoms with van der Waals surface area (Å²) in [5.74, 6) is -0.315. The van der Waals surface area contributed by atoms with Crippen LogP contribution >= 0.6 is 0 Å². The number of carbonyl (C=O) groups excluding carboxylic acids is 1. The molecule has 0 aliphatic rings. The lowest BCUT2D eigenvalue weighted by molar-refractivity contribution is -0.698. The van der Waals surface area contributed by atoms with Crippen molar-refractivity contribution >= 4 is 5.97 Å². The zero-order valence-corrected chi connectivity index (χ0v) is 20.9. The fourth-order valence-electron chi connectivity index (χ4n) is 3.69. The van der Waals surface area contributed by atoms with Gasteiger partial charge in [-0.05, 0) is 25.3 Å². The van der Waals surface area contributed by atoms with Crippen LogP contribution in [-0.4, -0.2) is 12.6 Å². The number of ether oxygens (including phenoxy) is 1. The molecule has 0 saturated heterocycles. The van der Waals surface area contributed by atoms with E-state index in [1.54, 1.807) is 6.92 Å². The summed E-state index contributed by atoms with van der Waals surface area (Å²) in [6.07, 6.45) is 24.9. The normalized spacial score (nSPS) is 10.5. The molecule has 4 heteroatoms. The van der Waals surface area contributed by atoms with E-state index in [0.717, 1.165) is 6.42 Å². The molecule has 1 aromatic heterocycles. The second-order valence-corrected chi connectivity index (χ2v) is 8.71. The predicted molar refractivity (Wildman–Crippen MR) is 126 cm³/mol. The molecule has 1 rings (SSSR count). The number of hydrogen-bond donors (Lipinski definition) is 0. The first-order valence-corrected chi connectivity index (χ1v) is 12.4. The van der Waals surface area contributed by atoms with Gasteiger partial charge in [0.2, 0.25) is 0 Å². The molecule has 0 bridgehead atoms. The van der Waals surface area contributed by atoms with Gasteiger partial charge in [0, 0.05) is 17.7 Å². The molecular formula is C27H46ClNO2. The number of unbranched alkanes of at least 4 members (excludes halogenated alkanes) is 13. The maximum Gasteiger partial charge on any atom is 0.333 e. The fraction of sp³-hybridized carbons (Fsp3) is 0.704. The van der Waals surface area contributed by atoms with Crippen LogP contribution in [0.3, 0.4) is 0 Å². The number of esters is 1. The standard InChI is InChI=1S/C27H46NO2.ClH/c1-4-5-6-7-8-9-10-11-12-13-14-15-16-17-18-26-19-21-28(22-20-26)23-24-30-27(29)25(2)3;/h19-22H,2,4-18,23-24H2,1,3H3;1H/q+1;/p-1. The molecule has 0 N–H and O–H groups in total. The molecule has 0 atom stereocenters. The lowest BCUT2D eigenvalue weighted by Gasteiger charge is -2.04. The van der Waals surface area contributed by atoms with E-state index in [1.807, 2.05) is 0 Å². The van der Waals surface area contributed by atoms with Gasteiger partial charge in [-0.15, -0.1) is 0 Å². The van der Waals surface area contributed by atoms with E-state index in [-0.39, 0.29) is 18.4 Å². The van der Waals surface area contributed by atoms with E-state index in [4.69, 9.17) is 4.74 Å². The van der Waals surface area contributed by atoms with Gasteiger partial charge in [-0.3, -0.25) is 0 Å². The van der Waals surface area contributed by atoms with Crippen molar-refractivity contribution in [1.82, 2.24) is 0 Å². The SMILES string of the molecule is C=C(C)C(=O)OCC[n+]1ccc(CCCCCCCCCCCCCCCC)cc1.[Cl-]. The van der Waals surface area contributed by atoms with Crippen molar-refractivity contribution < 1.29 is 26.5 Å². The Labute approximate surface area is 198 Å². The van der Waals surface area contributed by atoms with Crippen LogP contribution in [0.2, 0.25) is 0 Å². The van der Waals surface area contributed by atoms with Crippen molar-refractivity contribution in [2.75, 3.05) is 6.61 Å². The number of halogens is 1. The molecule has 0 aliphatic heterocycles. The topological polar surface area (TPSA) is 30.2 Å². The first-order chi connectivity index (χ1) is 14.6. The van der Waals surface area contributed by atoms with E-state index < -0.39 is 0 Å². The summed E-state index contributed by atoms with van der Waals surface area (Å²) in [6, 6.07) is 4.37. The van der Waals surface area contributed by atoms with Crippen LogP contribution in [0.4, 0.5) is 0 Å². The van der Waals surface area contributed by atoms with E-state index in [9.17, 15) is 4.79 Å². The Morgan fingerprint density at radius 1 is 0.839 bits per heavy atom. The van der Waals surface area contributed by atoms with Gasteiger partial charge in [-0.2, -0.15) is 0 Å². The minimum absolute atomic E-state index is 0. The molecule has 0 spiro atoms. The summed E-state index contributed by atoms with van der Waals surface area (Å²) in [7, 11) is 0. The zero-order valence-electron chi connectivity index (χ0n) is 20.2. The Kier molecular flexibility index (Phi) is 19.7. The molecule has 0 amide bonds. The number of pyridine rings is 1. The Morgan fingerprint density at radius 3 is 1.74 bits per heavy atom. The average Bonchev–Trinajstić information content (AvgIpc) is 2.75. The van der Waals surface area contributed by atoms with Crippen molar-refractivity contribution in [3.8, 4) is 0 Å². The number of hydrogen-bond acceptors (Lipinski definition) is 2. The summed E-state index contributed by atoms with van der Waals surface area (Å²) in [5.41, 5.74) is 1.84. The number of aryl methyl sites for hydroxylation is 1. The monoisotopic (exact) mass is 451 g/mol. The van der Waals surface area contributed by atoms with E-state index in [1.165, 1.54) is 95.5 Å². The van der Waals surface area contributed by atoms with Crippen molar-refractivity contribution in [2.45, 2.75) is 117 Å². The summed E-state index contributed by atoms with van der Waals surface area (Å²) >= 11 is 0. The highest BCUT2D eigenvalue weighted by molar-refractivity contribution is 5.86. The number of aromatic nitrogens is 1. The number of nitrogens with zero attached hydrogens (tertiary/aromatic N) is 1. The second-order valence-electron chi connectivity index (χ2n) is 8.71. The van der Waals surface area contributed by atoms with Crippen molar-refractivity contribution in [1.29, 1.82) is 0 Å². The quantitative estimate of drug-likeness (QED) is 0.137. The van der Waals surface area contributed by atoms with Crippen LogP contribution < -0.4 is 17.0 Å². The van der Waals surface area contributed by atoms with Crippen LogP contribution in [0.5, 0.6) is 0 Å². The lowest BCUT2D eigenvalue weighted by Crippen LogP contribution is -3.00. The summed E-state index contributed by atoms with van der Waals surface area (Å²) in [4.78, 5) is 11.4. The van der Waals surface area contributed by atoms with Gasteiger partial charge < -0.3 is 17.1 Å². The molecule has 0 radical (unpaired) electrons. The third-order valence-corrected chi connectivity index (χ3v) is 5.71. The first kappa shape index (κ1) is 29.7. The van der Waals surface area contributed by atoms with Crippen LogP contribution in [0.25, 0.3) is 0 Å². The summed E-state index contributed by atoms with van der Waals surface area (Å²) in [6.45, 7) is 8.60. The Balaban J connectivity index is 0.00000900. The highest BCUT2D eigenvalue weighted by Crippen LogP contribution is 2.13. The molecule has 0 aromatic carbocycles. The van der Waals surface area contributed by atoms with Crippen LogP contribution in [0.1, 0.15) is 109 Å². The van der Waals surface area contributed by atoms with Gasteiger partial charge in [0.25, 0.3) is 0 Å². The Hall–Kier alpha value is -1.35. The number of rotatable bonds is 19. The molecule has 0 fully saturated rings. The lowest BCUT2D eigenvalue weighted by atomic mass is 10.0. The predicted octanol–water partition coefficient (Wildman–Crippen LogP) is 4.12. The average molecular weight is 452 g/mol. The molecule has 1 aromatic rings. The van der Waals surface area contributed by atoms with Crippen molar-refractivity contribution in [3.05, 3.63) is 42.2 Å². The summed E-state index contributed by atoms with van der Waals surface area (Å²) < 4.78 is 7.19. The third-order valence-electron chi connectivity index (χ3n) is 5.71. The van der Waals surface area contributed by atoms with Gasteiger partial charge >= 0.3 is 5.97 Å². The molecule has 1 heterocycles. The van der Waals surface area contributed by atoms with E-state index >= 15 is 0 Å². The third kappa shape index (κ3) is 16.9. The highest BCUT2D eigenvalue weighted by atomic mass is 35.5. The molecule has 0 aliphatic carbocycles. The molecule has 3 nitrogen and oxygen atoms in total. The van der Waals surface area contributed by atoms with Gasteiger partial charge in [0.15, 0.2) is 25.5 Å². The molecule has 0 unspecified atom stereocenters. The molecule has 31 heavy (non-hydrogen) atoms. The van der Waals surface area contributed by atoms with Crippen LogP contribution in [0.15, 0.2) is 36.7 Å². The highest BCUT2D eigenvalue weighted by Gasteiger charge is 2.06.